The first-order valence-corrected chi connectivity index (χ1v) is 6.51. The van der Waals surface area contributed by atoms with E-state index in [2.05, 4.69) is 22.8 Å². The molecule has 3 heteroatoms. The third-order valence-corrected chi connectivity index (χ3v) is 3.38. The number of benzene rings is 1. The van der Waals surface area contributed by atoms with Crippen LogP contribution in [0.1, 0.15) is 30.4 Å². The lowest BCUT2D eigenvalue weighted by atomic mass is 10.1. The predicted octanol–water partition coefficient (Wildman–Crippen LogP) is 1.41. The maximum absolute atomic E-state index is 8.97. The normalized spacial score (nSPS) is 21.1. The molecule has 0 aliphatic carbocycles. The Kier molecular flexibility index (Phi) is 4.98. The zero-order valence-electron chi connectivity index (χ0n) is 10.3. The lowest BCUT2D eigenvalue weighted by molar-refractivity contribution is 0.282. The van der Waals surface area contributed by atoms with Crippen molar-refractivity contribution in [2.45, 2.75) is 38.5 Å². The quantitative estimate of drug-likeness (QED) is 0.738. The van der Waals surface area contributed by atoms with Crippen LogP contribution in [0.2, 0.25) is 0 Å². The Morgan fingerprint density at radius 3 is 2.65 bits per heavy atom. The lowest BCUT2D eigenvalue weighted by Crippen LogP contribution is -2.29. The van der Waals surface area contributed by atoms with Crippen molar-refractivity contribution in [3.05, 3.63) is 35.4 Å². The van der Waals surface area contributed by atoms with Crippen LogP contribution in [0.15, 0.2) is 24.3 Å². The average Bonchev–Trinajstić information content (AvgIpc) is 2.65. The summed E-state index contributed by atoms with van der Waals surface area (Å²) in [6, 6.07) is 8.81. The fourth-order valence-electron chi connectivity index (χ4n) is 2.25. The molecule has 0 saturated carbocycles. The molecule has 1 aliphatic heterocycles. The Morgan fingerprint density at radius 2 is 1.88 bits per heavy atom. The molecule has 0 amide bonds. The van der Waals surface area contributed by atoms with Gasteiger partial charge < -0.3 is 15.7 Å². The highest BCUT2D eigenvalue weighted by molar-refractivity contribution is 5.21. The second-order valence-corrected chi connectivity index (χ2v) is 4.73. The highest BCUT2D eigenvalue weighted by Crippen LogP contribution is 2.08. The van der Waals surface area contributed by atoms with Crippen molar-refractivity contribution < 1.29 is 5.11 Å². The summed E-state index contributed by atoms with van der Waals surface area (Å²) in [7, 11) is 0. The fourth-order valence-corrected chi connectivity index (χ4v) is 2.25. The van der Waals surface area contributed by atoms with E-state index in [1.807, 2.05) is 12.1 Å². The van der Waals surface area contributed by atoms with E-state index < -0.39 is 0 Å². The molecule has 0 bridgehead atoms. The molecule has 1 aromatic rings. The van der Waals surface area contributed by atoms with Gasteiger partial charge in [-0.3, -0.25) is 0 Å². The van der Waals surface area contributed by atoms with E-state index >= 15 is 0 Å². The van der Waals surface area contributed by atoms with Gasteiger partial charge in [-0.2, -0.15) is 0 Å². The minimum absolute atomic E-state index is 0.127. The molecule has 3 N–H and O–H groups in total. The van der Waals surface area contributed by atoms with E-state index in [0.717, 1.165) is 25.2 Å². The molecule has 1 saturated heterocycles. The smallest absolute Gasteiger partial charge is 0.0681 e. The van der Waals surface area contributed by atoms with Crippen molar-refractivity contribution >= 4 is 0 Å². The molecule has 0 spiro atoms. The summed E-state index contributed by atoms with van der Waals surface area (Å²) in [5, 5.41) is 16.0. The molecular formula is C14H22N2O. The number of rotatable bonds is 4. The molecule has 1 atom stereocenters. The number of nitrogens with one attached hydrogen (secondary N) is 2. The monoisotopic (exact) mass is 234 g/mol. The Bertz CT molecular complexity index is 315. The molecule has 2 rings (SSSR count). The van der Waals surface area contributed by atoms with Gasteiger partial charge in [0.05, 0.1) is 6.61 Å². The summed E-state index contributed by atoms with van der Waals surface area (Å²) in [6.07, 6.45) is 3.75. The van der Waals surface area contributed by atoms with E-state index in [9.17, 15) is 0 Å². The second kappa shape index (κ2) is 6.74. The average molecular weight is 234 g/mol. The van der Waals surface area contributed by atoms with E-state index in [1.54, 1.807) is 0 Å². The highest BCUT2D eigenvalue weighted by atomic mass is 16.3. The summed E-state index contributed by atoms with van der Waals surface area (Å²) in [4.78, 5) is 0. The second-order valence-electron chi connectivity index (χ2n) is 4.73. The lowest BCUT2D eigenvalue weighted by Gasteiger charge is -2.15. The number of hydrogen-bond acceptors (Lipinski definition) is 3. The van der Waals surface area contributed by atoms with Crippen molar-refractivity contribution in [1.82, 2.24) is 10.6 Å². The first kappa shape index (κ1) is 12.6. The maximum Gasteiger partial charge on any atom is 0.0681 e. The van der Waals surface area contributed by atoms with Crippen molar-refractivity contribution in [3.8, 4) is 0 Å². The fraction of sp³-hybridized carbons (Fsp3) is 0.571. The van der Waals surface area contributed by atoms with E-state index in [1.165, 1.54) is 24.8 Å². The predicted molar refractivity (Wildman–Crippen MR) is 69.7 cm³/mol. The topological polar surface area (TPSA) is 44.3 Å². The van der Waals surface area contributed by atoms with Gasteiger partial charge in [0, 0.05) is 12.6 Å². The van der Waals surface area contributed by atoms with Crippen LogP contribution in [0, 0.1) is 0 Å². The van der Waals surface area contributed by atoms with E-state index in [4.69, 9.17) is 5.11 Å². The third-order valence-electron chi connectivity index (χ3n) is 3.38. The van der Waals surface area contributed by atoms with E-state index in [-0.39, 0.29) is 6.61 Å². The SMILES string of the molecule is OCc1ccc(CNC2CCCNCC2)cc1. The molecule has 1 fully saturated rings. The van der Waals surface area contributed by atoms with Crippen molar-refractivity contribution in [3.63, 3.8) is 0 Å². The molecular weight excluding hydrogens is 212 g/mol. The maximum atomic E-state index is 8.97. The highest BCUT2D eigenvalue weighted by Gasteiger charge is 2.10. The van der Waals surface area contributed by atoms with Crippen LogP contribution >= 0.6 is 0 Å². The van der Waals surface area contributed by atoms with Crippen LogP contribution in [0.25, 0.3) is 0 Å². The van der Waals surface area contributed by atoms with Crippen molar-refractivity contribution in [1.29, 1.82) is 0 Å². The van der Waals surface area contributed by atoms with Gasteiger partial charge in [-0.15, -0.1) is 0 Å². The third kappa shape index (κ3) is 4.11. The molecule has 0 radical (unpaired) electrons. The Labute approximate surface area is 103 Å². The Balaban J connectivity index is 1.79. The van der Waals surface area contributed by atoms with Gasteiger partial charge in [0.15, 0.2) is 0 Å². The molecule has 1 aromatic carbocycles. The zero-order chi connectivity index (χ0) is 11.9. The first-order chi connectivity index (χ1) is 8.38. The number of aliphatic hydroxyl groups is 1. The van der Waals surface area contributed by atoms with E-state index in [0.29, 0.717) is 6.04 Å². The van der Waals surface area contributed by atoms with Gasteiger partial charge in [0.2, 0.25) is 0 Å². The van der Waals surface area contributed by atoms with Crippen LogP contribution < -0.4 is 10.6 Å². The van der Waals surface area contributed by atoms with Gasteiger partial charge >= 0.3 is 0 Å². The summed E-state index contributed by atoms with van der Waals surface area (Å²) < 4.78 is 0. The minimum atomic E-state index is 0.127. The molecule has 0 aromatic heterocycles. The van der Waals surface area contributed by atoms with Gasteiger partial charge in [-0.1, -0.05) is 24.3 Å². The van der Waals surface area contributed by atoms with Crippen molar-refractivity contribution in [2.75, 3.05) is 13.1 Å². The number of aliphatic hydroxyl groups excluding tert-OH is 1. The molecule has 3 nitrogen and oxygen atoms in total. The number of hydrogen-bond donors (Lipinski definition) is 3. The van der Waals surface area contributed by atoms with Gasteiger partial charge in [0.1, 0.15) is 0 Å². The van der Waals surface area contributed by atoms with Crippen LogP contribution in [-0.4, -0.2) is 24.2 Å². The molecule has 1 unspecified atom stereocenters. The molecule has 17 heavy (non-hydrogen) atoms. The summed E-state index contributed by atoms with van der Waals surface area (Å²) >= 11 is 0. The summed E-state index contributed by atoms with van der Waals surface area (Å²) in [5.74, 6) is 0. The van der Waals surface area contributed by atoms with Crippen LogP contribution in [-0.2, 0) is 13.2 Å². The van der Waals surface area contributed by atoms with Crippen LogP contribution in [0.5, 0.6) is 0 Å². The van der Waals surface area contributed by atoms with Crippen LogP contribution in [0.3, 0.4) is 0 Å². The van der Waals surface area contributed by atoms with Gasteiger partial charge in [-0.25, -0.2) is 0 Å². The standard InChI is InChI=1S/C14H22N2O/c17-11-13-5-3-12(4-6-13)10-16-14-2-1-8-15-9-7-14/h3-6,14-17H,1-2,7-11H2. The zero-order valence-corrected chi connectivity index (χ0v) is 10.3. The molecule has 1 aliphatic rings. The molecule has 1 heterocycles. The Hall–Kier alpha value is -0.900. The minimum Gasteiger partial charge on any atom is -0.392 e. The van der Waals surface area contributed by atoms with Gasteiger partial charge in [-0.05, 0) is 43.5 Å². The van der Waals surface area contributed by atoms with Gasteiger partial charge in [0.25, 0.3) is 0 Å². The first-order valence-electron chi connectivity index (χ1n) is 6.51. The summed E-state index contributed by atoms with van der Waals surface area (Å²) in [5.41, 5.74) is 2.27. The summed E-state index contributed by atoms with van der Waals surface area (Å²) in [6.45, 7) is 3.34. The Morgan fingerprint density at radius 1 is 1.12 bits per heavy atom. The molecule has 94 valence electrons. The largest absolute Gasteiger partial charge is 0.392 e. The van der Waals surface area contributed by atoms with Crippen molar-refractivity contribution in [2.24, 2.45) is 0 Å². The van der Waals surface area contributed by atoms with Crippen LogP contribution in [0.4, 0.5) is 0 Å².